The molecular formula is C26H44O5. The van der Waals surface area contributed by atoms with Gasteiger partial charge in [0.25, 0.3) is 0 Å². The molecule has 10 atom stereocenters. The molecule has 0 radical (unpaired) electrons. The van der Waals surface area contributed by atoms with Crippen molar-refractivity contribution in [3.8, 4) is 0 Å². The molecule has 0 amide bonds. The fourth-order valence-electron chi connectivity index (χ4n) is 8.46. The minimum atomic E-state index is -0.791. The molecule has 10 unspecified atom stereocenters. The zero-order valence-corrected chi connectivity index (χ0v) is 20.1. The van der Waals surface area contributed by atoms with Gasteiger partial charge < -0.3 is 20.1 Å². The number of esters is 1. The van der Waals surface area contributed by atoms with Crippen LogP contribution in [-0.2, 0) is 9.53 Å². The Hall–Kier alpha value is -0.650. The smallest absolute Gasteiger partial charge is 0.306 e. The lowest BCUT2D eigenvalue weighted by Crippen LogP contribution is -2.61. The minimum absolute atomic E-state index is 0.0651. The Morgan fingerprint density at radius 1 is 1.06 bits per heavy atom. The van der Waals surface area contributed by atoms with Crippen molar-refractivity contribution in [1.82, 2.24) is 0 Å². The van der Waals surface area contributed by atoms with E-state index in [4.69, 9.17) is 4.74 Å². The van der Waals surface area contributed by atoms with Crippen molar-refractivity contribution in [2.24, 2.45) is 40.9 Å². The summed E-state index contributed by atoms with van der Waals surface area (Å²) < 4.78 is 5.54. The number of hydrogen-bond acceptors (Lipinski definition) is 5. The van der Waals surface area contributed by atoms with Gasteiger partial charge in [0, 0.05) is 6.42 Å². The monoisotopic (exact) mass is 436 g/mol. The van der Waals surface area contributed by atoms with E-state index in [1.54, 1.807) is 0 Å². The minimum Gasteiger partial charge on any atom is -0.460 e. The van der Waals surface area contributed by atoms with E-state index >= 15 is 0 Å². The topological polar surface area (TPSA) is 87.0 Å². The second-order valence-electron chi connectivity index (χ2n) is 12.7. The van der Waals surface area contributed by atoms with E-state index in [-0.39, 0.29) is 41.2 Å². The maximum absolute atomic E-state index is 12.4. The van der Waals surface area contributed by atoms with Crippen LogP contribution in [0.15, 0.2) is 0 Å². The molecule has 0 spiro atoms. The number of fused-ring (bicyclic) bond motifs is 5. The summed E-state index contributed by atoms with van der Waals surface area (Å²) in [4.78, 5) is 12.4. The summed E-state index contributed by atoms with van der Waals surface area (Å²) in [6.07, 6.45) is 6.70. The Bertz CT molecular complexity index is 686. The molecule has 4 aliphatic rings. The van der Waals surface area contributed by atoms with E-state index < -0.39 is 17.3 Å². The number of aliphatic hydroxyl groups excluding tert-OH is 2. The molecule has 0 saturated heterocycles. The Morgan fingerprint density at radius 3 is 2.45 bits per heavy atom. The molecule has 0 aromatic heterocycles. The molecule has 4 saturated carbocycles. The van der Waals surface area contributed by atoms with Gasteiger partial charge in [-0.1, -0.05) is 13.8 Å². The molecule has 4 aliphatic carbocycles. The highest BCUT2D eigenvalue weighted by molar-refractivity contribution is 5.70. The summed E-state index contributed by atoms with van der Waals surface area (Å²) in [5.74, 6) is 0.994. The van der Waals surface area contributed by atoms with Crippen LogP contribution in [0.2, 0.25) is 0 Å². The molecule has 0 bridgehead atoms. The van der Waals surface area contributed by atoms with E-state index in [9.17, 15) is 20.1 Å². The lowest BCUT2D eigenvalue weighted by atomic mass is 9.45. The van der Waals surface area contributed by atoms with Gasteiger partial charge in [0.2, 0.25) is 0 Å². The van der Waals surface area contributed by atoms with Crippen LogP contribution in [0.1, 0.15) is 92.4 Å². The SMILES string of the molecule is CC(CC(=O)OC(C)(C)C)C1CCC2C3C(O)CC4CC(O)CCC4(C)C3CCC12O. The van der Waals surface area contributed by atoms with Crippen LogP contribution in [0.3, 0.4) is 0 Å². The molecule has 5 heteroatoms. The Morgan fingerprint density at radius 2 is 1.77 bits per heavy atom. The Kier molecular flexibility index (Phi) is 6.06. The van der Waals surface area contributed by atoms with Crippen LogP contribution in [0.4, 0.5) is 0 Å². The maximum atomic E-state index is 12.4. The second kappa shape index (κ2) is 7.99. The van der Waals surface area contributed by atoms with E-state index in [0.717, 1.165) is 51.4 Å². The average Bonchev–Trinajstić information content (AvgIpc) is 2.99. The van der Waals surface area contributed by atoms with Gasteiger partial charge >= 0.3 is 5.97 Å². The first-order chi connectivity index (χ1) is 14.3. The van der Waals surface area contributed by atoms with Gasteiger partial charge in [0.05, 0.1) is 17.8 Å². The largest absolute Gasteiger partial charge is 0.460 e. The quantitative estimate of drug-likeness (QED) is 0.581. The summed E-state index contributed by atoms with van der Waals surface area (Å²) in [5.41, 5.74) is -1.12. The summed E-state index contributed by atoms with van der Waals surface area (Å²) in [5, 5.41) is 33.4. The fraction of sp³-hybridized carbons (Fsp3) is 0.962. The highest BCUT2D eigenvalue weighted by Gasteiger charge is 2.64. The first-order valence-electron chi connectivity index (χ1n) is 12.7. The first kappa shape index (κ1) is 23.5. The van der Waals surface area contributed by atoms with Gasteiger partial charge in [0.1, 0.15) is 5.60 Å². The van der Waals surface area contributed by atoms with Crippen LogP contribution in [0, 0.1) is 40.9 Å². The first-order valence-corrected chi connectivity index (χ1v) is 12.7. The molecule has 0 heterocycles. The van der Waals surface area contributed by atoms with E-state index in [1.165, 1.54) is 0 Å². The van der Waals surface area contributed by atoms with Crippen LogP contribution in [0.5, 0.6) is 0 Å². The lowest BCUT2D eigenvalue weighted by Gasteiger charge is -2.61. The molecule has 3 N–H and O–H groups in total. The highest BCUT2D eigenvalue weighted by atomic mass is 16.6. The Labute approximate surface area is 187 Å². The van der Waals surface area contributed by atoms with Crippen LogP contribution in [0.25, 0.3) is 0 Å². The van der Waals surface area contributed by atoms with Crippen molar-refractivity contribution in [2.45, 2.75) is 116 Å². The predicted molar refractivity (Wildman–Crippen MR) is 119 cm³/mol. The fourth-order valence-corrected chi connectivity index (χ4v) is 8.46. The van der Waals surface area contributed by atoms with Crippen molar-refractivity contribution < 1.29 is 24.9 Å². The van der Waals surface area contributed by atoms with Gasteiger partial charge in [-0.2, -0.15) is 0 Å². The number of hydrogen-bond donors (Lipinski definition) is 3. The number of carbonyl (C=O) groups excluding carboxylic acids is 1. The summed E-state index contributed by atoms with van der Waals surface area (Å²) in [7, 11) is 0. The zero-order valence-electron chi connectivity index (χ0n) is 20.1. The van der Waals surface area contributed by atoms with Crippen LogP contribution < -0.4 is 0 Å². The van der Waals surface area contributed by atoms with Crippen molar-refractivity contribution >= 4 is 5.97 Å². The summed E-state index contributed by atoms with van der Waals surface area (Å²) in [6.45, 7) is 10.1. The summed E-state index contributed by atoms with van der Waals surface area (Å²) in [6, 6.07) is 0. The lowest BCUT2D eigenvalue weighted by molar-refractivity contribution is -0.200. The molecule has 5 nitrogen and oxygen atoms in total. The van der Waals surface area contributed by atoms with Crippen molar-refractivity contribution in [3.05, 3.63) is 0 Å². The number of ether oxygens (including phenoxy) is 1. The van der Waals surface area contributed by atoms with Gasteiger partial charge in [-0.15, -0.1) is 0 Å². The third-order valence-corrected chi connectivity index (χ3v) is 9.78. The van der Waals surface area contributed by atoms with Gasteiger partial charge in [0.15, 0.2) is 0 Å². The zero-order chi connectivity index (χ0) is 22.8. The molecule has 0 aliphatic heterocycles. The highest BCUT2D eigenvalue weighted by Crippen LogP contribution is 2.65. The molecule has 31 heavy (non-hydrogen) atoms. The van der Waals surface area contributed by atoms with Gasteiger partial charge in [-0.3, -0.25) is 4.79 Å². The molecule has 0 aromatic carbocycles. The maximum Gasteiger partial charge on any atom is 0.306 e. The third-order valence-electron chi connectivity index (χ3n) is 9.78. The van der Waals surface area contributed by atoms with Crippen LogP contribution in [-0.4, -0.2) is 44.7 Å². The molecule has 0 aromatic rings. The van der Waals surface area contributed by atoms with Gasteiger partial charge in [-0.25, -0.2) is 0 Å². The average molecular weight is 437 g/mol. The molecule has 178 valence electrons. The third kappa shape index (κ3) is 4.08. The van der Waals surface area contributed by atoms with Crippen molar-refractivity contribution in [2.75, 3.05) is 0 Å². The van der Waals surface area contributed by atoms with Crippen LogP contribution >= 0.6 is 0 Å². The number of carbonyl (C=O) groups is 1. The Balaban J connectivity index is 1.51. The van der Waals surface area contributed by atoms with E-state index in [2.05, 4.69) is 13.8 Å². The van der Waals surface area contributed by atoms with Crippen molar-refractivity contribution in [3.63, 3.8) is 0 Å². The normalized spacial score (nSPS) is 48.3. The van der Waals surface area contributed by atoms with Gasteiger partial charge in [-0.05, 0) is 113 Å². The number of aliphatic hydroxyl groups is 3. The number of rotatable bonds is 3. The summed E-state index contributed by atoms with van der Waals surface area (Å²) >= 11 is 0. The van der Waals surface area contributed by atoms with E-state index in [1.807, 2.05) is 20.8 Å². The van der Waals surface area contributed by atoms with E-state index in [0.29, 0.717) is 18.3 Å². The standard InChI is InChI=1S/C26H44O5/c1-15(12-22(29)31-24(2,3)4)18-6-7-20-23-19(9-11-26(18,20)30)25(5)10-8-17(27)13-16(25)14-21(23)28/h15-21,23,27-28,30H,6-14H2,1-5H3. The molecule has 4 rings (SSSR count). The second-order valence-corrected chi connectivity index (χ2v) is 12.7. The molecule has 4 fully saturated rings. The van der Waals surface area contributed by atoms with Crippen molar-refractivity contribution in [1.29, 1.82) is 0 Å². The predicted octanol–water partition coefficient (Wildman–Crippen LogP) is 4.07. The molecular weight excluding hydrogens is 392 g/mol.